The molecule has 0 bridgehead atoms. The summed E-state index contributed by atoms with van der Waals surface area (Å²) < 4.78 is 0. The quantitative estimate of drug-likeness (QED) is 0.767. The number of carbonyl (C=O) groups excluding carboxylic acids is 1. The van der Waals surface area contributed by atoms with Gasteiger partial charge in [-0.1, -0.05) is 31.9 Å². The van der Waals surface area contributed by atoms with Gasteiger partial charge in [-0.3, -0.25) is 4.79 Å². The molecule has 3 N–H and O–H groups in total. The van der Waals surface area contributed by atoms with E-state index in [1.54, 1.807) is 6.07 Å². The van der Waals surface area contributed by atoms with Crippen molar-refractivity contribution in [2.24, 2.45) is 5.92 Å². The number of piperazine rings is 1. The van der Waals surface area contributed by atoms with Crippen LogP contribution in [0.15, 0.2) is 24.3 Å². The fraction of sp³-hybridized carbons (Fsp3) is 0.650. The summed E-state index contributed by atoms with van der Waals surface area (Å²) in [6.07, 6.45) is 4.87. The molecule has 1 amide bonds. The molecule has 1 aliphatic carbocycles. The van der Waals surface area contributed by atoms with Crippen LogP contribution in [0.25, 0.3) is 0 Å². The number of hydrogen-bond donors (Lipinski definition) is 3. The lowest BCUT2D eigenvalue weighted by Gasteiger charge is -2.37. The number of nitrogens with one attached hydrogen (secondary N) is 2. The van der Waals surface area contributed by atoms with Crippen LogP contribution in [0.1, 0.15) is 39.5 Å². The Bertz CT molecular complexity index is 584. The average molecular weight is 346 g/mol. The van der Waals surface area contributed by atoms with Crippen molar-refractivity contribution in [3.63, 3.8) is 0 Å². The van der Waals surface area contributed by atoms with Gasteiger partial charge in [-0.2, -0.15) is 0 Å². The fourth-order valence-electron chi connectivity index (χ4n) is 4.22. The molecule has 1 heterocycles. The first-order valence-electron chi connectivity index (χ1n) is 9.74. The van der Waals surface area contributed by atoms with E-state index in [0.717, 1.165) is 38.3 Å². The van der Waals surface area contributed by atoms with Gasteiger partial charge in [0.2, 0.25) is 0 Å². The van der Waals surface area contributed by atoms with E-state index in [0.29, 0.717) is 17.7 Å². The number of para-hydroxylation sites is 2. The minimum atomic E-state index is -0.0133. The molecule has 1 saturated heterocycles. The second-order valence-corrected chi connectivity index (χ2v) is 7.73. The van der Waals surface area contributed by atoms with Gasteiger partial charge in [0.25, 0.3) is 5.91 Å². The van der Waals surface area contributed by atoms with Crippen molar-refractivity contribution in [2.45, 2.75) is 51.6 Å². The molecule has 0 radical (unpaired) electrons. The lowest BCUT2D eigenvalue weighted by Crippen LogP contribution is -3.19. The van der Waals surface area contributed by atoms with Gasteiger partial charge < -0.3 is 20.2 Å². The second kappa shape index (κ2) is 8.09. The zero-order valence-corrected chi connectivity index (χ0v) is 15.5. The summed E-state index contributed by atoms with van der Waals surface area (Å²) in [6.45, 7) is 7.88. The number of benzene rings is 1. The zero-order valence-electron chi connectivity index (χ0n) is 15.5. The maximum Gasteiger partial charge on any atom is 0.278 e. The van der Waals surface area contributed by atoms with Crippen LogP contribution in [0.5, 0.6) is 5.75 Å². The van der Waals surface area contributed by atoms with E-state index in [2.05, 4.69) is 17.1 Å². The Morgan fingerprint density at radius 3 is 2.60 bits per heavy atom. The number of anilines is 1. The predicted octanol–water partition coefficient (Wildman–Crippen LogP) is 1.18. The maximum absolute atomic E-state index is 12.7. The largest absolute Gasteiger partial charge is 0.506 e. The number of amides is 1. The van der Waals surface area contributed by atoms with Crippen LogP contribution in [-0.2, 0) is 4.79 Å². The number of hydrogen-bond acceptors (Lipinski definition) is 3. The Labute approximate surface area is 151 Å². The van der Waals surface area contributed by atoms with E-state index in [-0.39, 0.29) is 11.9 Å². The van der Waals surface area contributed by atoms with Crippen molar-refractivity contribution in [1.82, 2.24) is 5.32 Å². The van der Waals surface area contributed by atoms with Crippen molar-refractivity contribution in [3.05, 3.63) is 24.3 Å². The average Bonchev–Trinajstić information content (AvgIpc) is 2.63. The van der Waals surface area contributed by atoms with Crippen LogP contribution in [0, 0.1) is 5.92 Å². The monoisotopic (exact) mass is 346 g/mol. The predicted molar refractivity (Wildman–Crippen MR) is 100 cm³/mol. The molecule has 2 aliphatic rings. The molecule has 0 aromatic heterocycles. The zero-order chi connectivity index (χ0) is 17.8. The van der Waals surface area contributed by atoms with Crippen LogP contribution in [0.3, 0.4) is 0 Å². The number of nitrogens with zero attached hydrogens (tertiary/aromatic N) is 1. The summed E-state index contributed by atoms with van der Waals surface area (Å²) in [6, 6.07) is 7.83. The Balaban J connectivity index is 1.51. The molecule has 138 valence electrons. The summed E-state index contributed by atoms with van der Waals surface area (Å²) in [5.74, 6) is 1.13. The molecule has 3 rings (SSSR count). The standard InChI is InChI=1S/C20H31N3O2/c1-15-7-3-4-8-17(15)21-20(25)16(2)22-11-13-23(14-12-22)18-9-5-6-10-19(18)24/h5-6,9-10,15-17,24H,3-4,7-8,11-14H2,1-2H3,(H,21,25)/p+1/t15-,16-,17-/m1/s1. The Kier molecular flexibility index (Phi) is 5.84. The number of phenolic OH excluding ortho intramolecular Hbond substituents is 1. The highest BCUT2D eigenvalue weighted by Crippen LogP contribution is 2.26. The molecule has 25 heavy (non-hydrogen) atoms. The molecule has 0 unspecified atom stereocenters. The Hall–Kier alpha value is -1.75. The lowest BCUT2D eigenvalue weighted by molar-refractivity contribution is -0.914. The van der Waals surface area contributed by atoms with E-state index >= 15 is 0 Å². The van der Waals surface area contributed by atoms with E-state index in [1.807, 2.05) is 25.1 Å². The topological polar surface area (TPSA) is 57.0 Å². The van der Waals surface area contributed by atoms with Crippen LogP contribution >= 0.6 is 0 Å². The van der Waals surface area contributed by atoms with Gasteiger partial charge in [0.05, 0.1) is 31.9 Å². The van der Waals surface area contributed by atoms with Gasteiger partial charge in [0, 0.05) is 6.04 Å². The summed E-state index contributed by atoms with van der Waals surface area (Å²) in [5, 5.41) is 13.3. The Morgan fingerprint density at radius 1 is 1.24 bits per heavy atom. The van der Waals surface area contributed by atoms with E-state index < -0.39 is 0 Å². The summed E-state index contributed by atoms with van der Waals surface area (Å²) in [7, 11) is 0. The number of quaternary nitrogens is 1. The van der Waals surface area contributed by atoms with Gasteiger partial charge in [0.1, 0.15) is 5.75 Å². The van der Waals surface area contributed by atoms with Crippen LogP contribution in [0.2, 0.25) is 0 Å². The number of rotatable bonds is 4. The van der Waals surface area contributed by atoms with E-state index in [4.69, 9.17) is 0 Å². The molecule has 0 spiro atoms. The summed E-state index contributed by atoms with van der Waals surface area (Å²) >= 11 is 0. The maximum atomic E-state index is 12.7. The third-order valence-corrected chi connectivity index (χ3v) is 6.07. The number of aromatic hydroxyl groups is 1. The van der Waals surface area contributed by atoms with Crippen LogP contribution in [0.4, 0.5) is 5.69 Å². The Morgan fingerprint density at radius 2 is 1.92 bits per heavy atom. The van der Waals surface area contributed by atoms with E-state index in [9.17, 15) is 9.90 Å². The van der Waals surface area contributed by atoms with Crippen LogP contribution in [-0.4, -0.2) is 49.3 Å². The first-order chi connectivity index (χ1) is 12.1. The third kappa shape index (κ3) is 4.27. The second-order valence-electron chi connectivity index (χ2n) is 7.73. The molecule has 5 nitrogen and oxygen atoms in total. The molecule has 5 heteroatoms. The molecule has 3 atom stereocenters. The molecular formula is C20H32N3O2+. The SMILES string of the molecule is C[C@@H]1CCCC[C@H]1NC(=O)[C@@H](C)[NH+]1CCN(c2ccccc2O)CC1. The molecular weight excluding hydrogens is 314 g/mol. The van der Waals surface area contributed by atoms with Gasteiger partial charge in [0.15, 0.2) is 6.04 Å². The van der Waals surface area contributed by atoms with Gasteiger partial charge in [-0.25, -0.2) is 0 Å². The van der Waals surface area contributed by atoms with Gasteiger partial charge in [-0.05, 0) is 37.8 Å². The molecule has 1 aliphatic heterocycles. The molecule has 1 aromatic carbocycles. The molecule has 2 fully saturated rings. The third-order valence-electron chi connectivity index (χ3n) is 6.07. The highest BCUT2D eigenvalue weighted by atomic mass is 16.3. The van der Waals surface area contributed by atoms with Crippen molar-refractivity contribution < 1.29 is 14.8 Å². The number of carbonyl (C=O) groups is 1. The van der Waals surface area contributed by atoms with Crippen molar-refractivity contribution >= 4 is 11.6 Å². The van der Waals surface area contributed by atoms with Gasteiger partial charge >= 0.3 is 0 Å². The molecule has 1 aromatic rings. The number of phenols is 1. The van der Waals surface area contributed by atoms with Crippen molar-refractivity contribution in [1.29, 1.82) is 0 Å². The first kappa shape index (κ1) is 18.1. The minimum absolute atomic E-state index is 0.0133. The van der Waals surface area contributed by atoms with Crippen molar-refractivity contribution in [3.8, 4) is 5.75 Å². The summed E-state index contributed by atoms with van der Waals surface area (Å²) in [5.41, 5.74) is 0.898. The van der Waals surface area contributed by atoms with E-state index in [1.165, 1.54) is 24.2 Å². The fourth-order valence-corrected chi connectivity index (χ4v) is 4.22. The first-order valence-corrected chi connectivity index (χ1v) is 9.74. The molecule has 1 saturated carbocycles. The minimum Gasteiger partial charge on any atom is -0.506 e. The summed E-state index contributed by atoms with van der Waals surface area (Å²) in [4.78, 5) is 16.2. The highest BCUT2D eigenvalue weighted by Gasteiger charge is 2.32. The normalized spacial score (nSPS) is 26.2. The smallest absolute Gasteiger partial charge is 0.278 e. The lowest BCUT2D eigenvalue weighted by atomic mass is 9.86. The van der Waals surface area contributed by atoms with Crippen molar-refractivity contribution in [2.75, 3.05) is 31.1 Å². The highest BCUT2D eigenvalue weighted by molar-refractivity contribution is 5.80. The van der Waals surface area contributed by atoms with Gasteiger partial charge in [-0.15, -0.1) is 0 Å². The van der Waals surface area contributed by atoms with Crippen LogP contribution < -0.4 is 15.1 Å².